The first-order valence-corrected chi connectivity index (χ1v) is 8.04. The summed E-state index contributed by atoms with van der Waals surface area (Å²) in [7, 11) is -1.01. The maximum absolute atomic E-state index is 11.5. The molecule has 106 valence electrons. The molecule has 5 nitrogen and oxygen atoms in total. The minimum Gasteiger partial charge on any atom is -0.460 e. The van der Waals surface area contributed by atoms with Crippen molar-refractivity contribution in [3.63, 3.8) is 0 Å². The van der Waals surface area contributed by atoms with Crippen LogP contribution in [0.15, 0.2) is 0 Å². The topological polar surface area (TPSA) is 63.7 Å². The highest BCUT2D eigenvalue weighted by molar-refractivity contribution is 7.91. The maximum Gasteiger partial charge on any atom is 0.307 e. The molecule has 1 saturated heterocycles. The first-order chi connectivity index (χ1) is 8.09. The highest BCUT2D eigenvalue weighted by Crippen LogP contribution is 2.17. The van der Waals surface area contributed by atoms with Gasteiger partial charge < -0.3 is 9.64 Å². The van der Waals surface area contributed by atoms with Gasteiger partial charge in [-0.1, -0.05) is 0 Å². The van der Waals surface area contributed by atoms with Crippen LogP contribution in [-0.2, 0) is 19.4 Å². The van der Waals surface area contributed by atoms with Crippen molar-refractivity contribution in [3.8, 4) is 0 Å². The molecule has 6 heteroatoms. The summed E-state index contributed by atoms with van der Waals surface area (Å²) >= 11 is 0. The number of rotatable bonds is 4. The molecule has 18 heavy (non-hydrogen) atoms. The van der Waals surface area contributed by atoms with Crippen molar-refractivity contribution >= 4 is 15.8 Å². The number of sulfone groups is 1. The van der Waals surface area contributed by atoms with Gasteiger partial charge in [0.05, 0.1) is 17.9 Å². The average molecular weight is 277 g/mol. The van der Waals surface area contributed by atoms with E-state index in [0.717, 1.165) is 0 Å². The molecule has 0 aromatic rings. The lowest BCUT2D eigenvalue weighted by molar-refractivity contribution is -0.155. The minimum absolute atomic E-state index is 0.0393. The molecule has 0 saturated carbocycles. The summed E-state index contributed by atoms with van der Waals surface area (Å²) in [6.45, 7) is 6.03. The fourth-order valence-electron chi connectivity index (χ4n) is 1.97. The molecule has 1 heterocycles. The Morgan fingerprint density at radius 1 is 1.39 bits per heavy atom. The van der Waals surface area contributed by atoms with E-state index in [4.69, 9.17) is 4.74 Å². The normalized spacial score (nSPS) is 23.3. The minimum atomic E-state index is -2.87. The monoisotopic (exact) mass is 277 g/mol. The third kappa shape index (κ3) is 5.35. The standard InChI is InChI=1S/C12H23NO4S/c1-12(2,3)17-11(14)5-7-13(4)10-6-8-18(15,16)9-10/h10H,5-9H2,1-4H3. The molecule has 0 bridgehead atoms. The Kier molecular flexibility index (Phi) is 4.78. The smallest absolute Gasteiger partial charge is 0.307 e. The van der Waals surface area contributed by atoms with Crippen LogP contribution < -0.4 is 0 Å². The van der Waals surface area contributed by atoms with Crippen molar-refractivity contribution < 1.29 is 17.9 Å². The Labute approximate surface area is 109 Å². The van der Waals surface area contributed by atoms with E-state index in [2.05, 4.69) is 0 Å². The van der Waals surface area contributed by atoms with Crippen LogP contribution in [0, 0.1) is 0 Å². The summed E-state index contributed by atoms with van der Waals surface area (Å²) in [5, 5.41) is 0. The average Bonchev–Trinajstić information content (AvgIpc) is 2.52. The fourth-order valence-corrected chi connectivity index (χ4v) is 3.77. The number of ether oxygens (including phenoxy) is 1. The zero-order chi connectivity index (χ0) is 14.0. The zero-order valence-corrected chi connectivity index (χ0v) is 12.4. The van der Waals surface area contributed by atoms with Crippen LogP contribution >= 0.6 is 0 Å². The molecule has 0 aliphatic carbocycles. The summed E-state index contributed by atoms with van der Waals surface area (Å²) in [5.74, 6) is 0.224. The van der Waals surface area contributed by atoms with Crippen molar-refractivity contribution in [1.82, 2.24) is 4.90 Å². The molecule has 1 aliphatic rings. The molecule has 0 aromatic carbocycles. The van der Waals surface area contributed by atoms with Gasteiger partial charge in [0.25, 0.3) is 0 Å². The van der Waals surface area contributed by atoms with Crippen molar-refractivity contribution in [2.75, 3.05) is 25.1 Å². The molecule has 0 radical (unpaired) electrons. The molecular formula is C12H23NO4S. The molecular weight excluding hydrogens is 254 g/mol. The highest BCUT2D eigenvalue weighted by atomic mass is 32.2. The molecule has 1 rings (SSSR count). The Morgan fingerprint density at radius 2 is 2.00 bits per heavy atom. The van der Waals surface area contributed by atoms with Crippen LogP contribution in [0.3, 0.4) is 0 Å². The van der Waals surface area contributed by atoms with Crippen LogP contribution in [0.25, 0.3) is 0 Å². The van der Waals surface area contributed by atoms with Crippen molar-refractivity contribution in [2.45, 2.75) is 45.3 Å². The third-order valence-electron chi connectivity index (χ3n) is 2.92. The number of hydrogen-bond acceptors (Lipinski definition) is 5. The molecule has 1 unspecified atom stereocenters. The van der Waals surface area contributed by atoms with Crippen LogP contribution in [0.4, 0.5) is 0 Å². The van der Waals surface area contributed by atoms with Gasteiger partial charge in [-0.05, 0) is 34.2 Å². The molecule has 0 aromatic heterocycles. The second-order valence-corrected chi connectivity index (χ2v) is 8.10. The lowest BCUT2D eigenvalue weighted by Gasteiger charge is -2.24. The van der Waals surface area contributed by atoms with Gasteiger partial charge in [0.15, 0.2) is 9.84 Å². The number of carbonyl (C=O) groups is 1. The van der Waals surface area contributed by atoms with E-state index >= 15 is 0 Å². The molecule has 0 amide bonds. The number of carbonyl (C=O) groups excluding carboxylic acids is 1. The molecule has 0 N–H and O–H groups in total. The van der Waals surface area contributed by atoms with Gasteiger partial charge in [-0.2, -0.15) is 0 Å². The lowest BCUT2D eigenvalue weighted by Crippen LogP contribution is -2.35. The van der Waals surface area contributed by atoms with Gasteiger partial charge in [0.2, 0.25) is 0 Å². The number of esters is 1. The molecule has 1 aliphatic heterocycles. The van der Waals surface area contributed by atoms with E-state index in [0.29, 0.717) is 19.4 Å². The molecule has 1 atom stereocenters. The van der Waals surface area contributed by atoms with E-state index in [9.17, 15) is 13.2 Å². The van der Waals surface area contributed by atoms with Crippen LogP contribution in [0.5, 0.6) is 0 Å². The lowest BCUT2D eigenvalue weighted by atomic mass is 10.2. The second-order valence-electron chi connectivity index (χ2n) is 5.87. The summed E-state index contributed by atoms with van der Waals surface area (Å²) in [5.41, 5.74) is -0.466. The van der Waals surface area contributed by atoms with E-state index in [1.807, 2.05) is 32.7 Å². The summed E-state index contributed by atoms with van der Waals surface area (Å²) in [6.07, 6.45) is 0.956. The molecule has 1 fully saturated rings. The van der Waals surface area contributed by atoms with Crippen LogP contribution in [0.2, 0.25) is 0 Å². The van der Waals surface area contributed by atoms with E-state index in [1.165, 1.54) is 0 Å². The highest BCUT2D eigenvalue weighted by Gasteiger charge is 2.30. The largest absolute Gasteiger partial charge is 0.460 e. The van der Waals surface area contributed by atoms with Gasteiger partial charge >= 0.3 is 5.97 Å². The third-order valence-corrected chi connectivity index (χ3v) is 4.67. The zero-order valence-electron chi connectivity index (χ0n) is 11.6. The summed E-state index contributed by atoms with van der Waals surface area (Å²) in [6, 6.07) is 0.0393. The first kappa shape index (κ1) is 15.4. The number of nitrogens with zero attached hydrogens (tertiary/aromatic N) is 1. The Bertz CT molecular complexity index is 397. The first-order valence-electron chi connectivity index (χ1n) is 6.21. The Balaban J connectivity index is 2.34. The van der Waals surface area contributed by atoms with E-state index in [1.54, 1.807) is 0 Å². The second kappa shape index (κ2) is 5.57. The van der Waals surface area contributed by atoms with Crippen molar-refractivity contribution in [2.24, 2.45) is 0 Å². The fraction of sp³-hybridized carbons (Fsp3) is 0.917. The van der Waals surface area contributed by atoms with Gasteiger partial charge in [0.1, 0.15) is 5.60 Å². The van der Waals surface area contributed by atoms with Crippen LogP contribution in [0.1, 0.15) is 33.6 Å². The van der Waals surface area contributed by atoms with E-state index in [-0.39, 0.29) is 23.5 Å². The Hall–Kier alpha value is -0.620. The SMILES string of the molecule is CN(CCC(=O)OC(C)(C)C)C1CCS(=O)(=O)C1. The molecule has 0 spiro atoms. The van der Waals surface area contributed by atoms with Gasteiger partial charge in [0, 0.05) is 12.6 Å². The summed E-state index contributed by atoms with van der Waals surface area (Å²) < 4.78 is 27.9. The van der Waals surface area contributed by atoms with Crippen LogP contribution in [-0.4, -0.2) is 56.0 Å². The summed E-state index contributed by atoms with van der Waals surface area (Å²) in [4.78, 5) is 13.5. The van der Waals surface area contributed by atoms with Gasteiger partial charge in [-0.25, -0.2) is 8.42 Å². The van der Waals surface area contributed by atoms with Gasteiger partial charge in [-0.3, -0.25) is 4.79 Å². The maximum atomic E-state index is 11.5. The number of hydrogen-bond donors (Lipinski definition) is 0. The van der Waals surface area contributed by atoms with E-state index < -0.39 is 15.4 Å². The van der Waals surface area contributed by atoms with Crippen molar-refractivity contribution in [3.05, 3.63) is 0 Å². The van der Waals surface area contributed by atoms with Gasteiger partial charge in [-0.15, -0.1) is 0 Å². The predicted octanol–water partition coefficient (Wildman–Crippen LogP) is 0.837. The van der Waals surface area contributed by atoms with Crippen molar-refractivity contribution in [1.29, 1.82) is 0 Å². The quantitative estimate of drug-likeness (QED) is 0.712. The predicted molar refractivity (Wildman–Crippen MR) is 70.2 cm³/mol. The Morgan fingerprint density at radius 3 is 2.44 bits per heavy atom.